The van der Waals surface area contributed by atoms with Crippen LogP contribution < -0.4 is 10.0 Å². The molecule has 0 aromatic heterocycles. The van der Waals surface area contributed by atoms with Gasteiger partial charge in [0.25, 0.3) is 10.0 Å². The summed E-state index contributed by atoms with van der Waals surface area (Å²) in [7, 11) is 0.910. The van der Waals surface area contributed by atoms with Crippen LogP contribution in [0.4, 0.5) is 10.5 Å². The zero-order valence-electron chi connectivity index (χ0n) is 22.5. The molecule has 0 saturated heterocycles. The molecule has 0 spiro atoms. The molecule has 2 aromatic rings. The van der Waals surface area contributed by atoms with E-state index in [1.165, 1.54) is 19.2 Å². The number of nitrogens with zero attached hydrogens (tertiary/aromatic N) is 1. The number of esters is 1. The minimum Gasteiger partial charge on any atom is -0.465 e. The number of carbonyl (C=O) groups is 2. The van der Waals surface area contributed by atoms with Crippen LogP contribution in [0.3, 0.4) is 0 Å². The van der Waals surface area contributed by atoms with Crippen LogP contribution in [-0.4, -0.2) is 70.5 Å². The molecule has 11 heteroatoms. The summed E-state index contributed by atoms with van der Waals surface area (Å²) in [4.78, 5) is 27.8. The van der Waals surface area contributed by atoms with Crippen molar-refractivity contribution in [3.8, 4) is 0 Å². The van der Waals surface area contributed by atoms with Crippen molar-refractivity contribution in [1.29, 1.82) is 0 Å². The lowest BCUT2D eigenvalue weighted by atomic mass is 10.1. The van der Waals surface area contributed by atoms with E-state index in [1.807, 2.05) is 49.1 Å². The van der Waals surface area contributed by atoms with Crippen LogP contribution in [0, 0.1) is 6.92 Å². The number of rotatable bonds is 11. The molecule has 0 aliphatic heterocycles. The maximum atomic E-state index is 12.9. The minimum absolute atomic E-state index is 0.0305. The first-order valence-electron chi connectivity index (χ1n) is 11.8. The Morgan fingerprint density at radius 3 is 2.32 bits per heavy atom. The smallest absolute Gasteiger partial charge is 0.421 e. The van der Waals surface area contributed by atoms with Crippen molar-refractivity contribution in [2.75, 3.05) is 38.8 Å². The van der Waals surface area contributed by atoms with Gasteiger partial charge >= 0.3 is 12.1 Å². The Morgan fingerprint density at radius 1 is 1.11 bits per heavy atom. The standard InChI is InChI=1S/C26H37N3O6S2/c1-18-15-21(37(32,33)28-25(31)35-26(2,3)4)16-22(24(30)34-7)23(18)27-19(13-14-29(5)6)17-36-20-11-9-8-10-12-20/h8-12,15-16,19,27H,13-14,17H2,1-7H3,(H,28,31). The van der Waals surface area contributed by atoms with Crippen molar-refractivity contribution < 1.29 is 27.5 Å². The predicted octanol–water partition coefficient (Wildman–Crippen LogP) is 4.52. The van der Waals surface area contributed by atoms with Gasteiger partial charge in [0, 0.05) is 16.7 Å². The highest BCUT2D eigenvalue weighted by molar-refractivity contribution is 7.99. The number of hydrogen-bond acceptors (Lipinski definition) is 9. The fraction of sp³-hybridized carbons (Fsp3) is 0.462. The van der Waals surface area contributed by atoms with Gasteiger partial charge in [0.15, 0.2) is 0 Å². The van der Waals surface area contributed by atoms with Gasteiger partial charge in [-0.1, -0.05) is 18.2 Å². The van der Waals surface area contributed by atoms with Crippen molar-refractivity contribution in [3.05, 3.63) is 53.6 Å². The van der Waals surface area contributed by atoms with E-state index in [-0.39, 0.29) is 16.5 Å². The average Bonchev–Trinajstić information content (AvgIpc) is 2.79. The first-order chi connectivity index (χ1) is 17.2. The van der Waals surface area contributed by atoms with Crippen LogP contribution in [-0.2, 0) is 19.5 Å². The van der Waals surface area contributed by atoms with Gasteiger partial charge in [0.1, 0.15) is 5.60 Å². The minimum atomic E-state index is -4.30. The maximum absolute atomic E-state index is 12.9. The molecule has 0 radical (unpaired) electrons. The third-order valence-electron chi connectivity index (χ3n) is 5.11. The topological polar surface area (TPSA) is 114 Å². The number of hydrogen-bond donors (Lipinski definition) is 2. The van der Waals surface area contributed by atoms with Crippen LogP contribution in [0.5, 0.6) is 0 Å². The third-order valence-corrected chi connectivity index (χ3v) is 7.58. The number of anilines is 1. The van der Waals surface area contributed by atoms with Crippen LogP contribution in [0.1, 0.15) is 43.1 Å². The molecule has 0 bridgehead atoms. The Balaban J connectivity index is 2.38. The number of amides is 1. The Morgan fingerprint density at radius 2 is 1.76 bits per heavy atom. The zero-order valence-corrected chi connectivity index (χ0v) is 24.1. The number of thioether (sulfide) groups is 1. The number of carbonyl (C=O) groups excluding carboxylic acids is 2. The van der Waals surface area contributed by atoms with Crippen molar-refractivity contribution >= 4 is 39.5 Å². The van der Waals surface area contributed by atoms with Crippen LogP contribution in [0.2, 0.25) is 0 Å². The second-order valence-corrected chi connectivity index (χ2v) is 12.6. The van der Waals surface area contributed by atoms with Gasteiger partial charge in [0.05, 0.1) is 23.3 Å². The number of ether oxygens (including phenoxy) is 2. The number of aryl methyl sites for hydroxylation is 1. The van der Waals surface area contributed by atoms with E-state index >= 15 is 0 Å². The molecule has 1 amide bonds. The van der Waals surface area contributed by atoms with Gasteiger partial charge in [-0.15, -0.1) is 11.8 Å². The van der Waals surface area contributed by atoms with E-state index in [9.17, 15) is 18.0 Å². The number of nitrogens with one attached hydrogen (secondary N) is 2. The molecule has 2 aromatic carbocycles. The van der Waals surface area contributed by atoms with Gasteiger partial charge in [-0.25, -0.2) is 22.7 Å². The van der Waals surface area contributed by atoms with Crippen LogP contribution in [0.15, 0.2) is 52.3 Å². The fourth-order valence-electron chi connectivity index (χ4n) is 3.37. The summed E-state index contributed by atoms with van der Waals surface area (Å²) in [6.45, 7) is 7.40. The molecule has 37 heavy (non-hydrogen) atoms. The summed E-state index contributed by atoms with van der Waals surface area (Å²) in [5.41, 5.74) is 0.193. The number of methoxy groups -OCH3 is 1. The Hall–Kier alpha value is -2.76. The lowest BCUT2D eigenvalue weighted by Gasteiger charge is -2.25. The van der Waals surface area contributed by atoms with Gasteiger partial charge in [-0.3, -0.25) is 0 Å². The monoisotopic (exact) mass is 551 g/mol. The van der Waals surface area contributed by atoms with Crippen molar-refractivity contribution in [3.63, 3.8) is 0 Å². The molecule has 2 N–H and O–H groups in total. The predicted molar refractivity (Wildman–Crippen MR) is 147 cm³/mol. The van der Waals surface area contributed by atoms with E-state index in [0.717, 1.165) is 23.6 Å². The molecule has 1 atom stereocenters. The molecule has 0 fully saturated rings. The highest BCUT2D eigenvalue weighted by atomic mass is 32.2. The quantitative estimate of drug-likeness (QED) is 0.307. The summed E-state index contributed by atoms with van der Waals surface area (Å²) in [5.74, 6) is 0.0278. The molecule has 0 aliphatic carbocycles. The highest BCUT2D eigenvalue weighted by Crippen LogP contribution is 2.29. The molecule has 1 unspecified atom stereocenters. The third kappa shape index (κ3) is 9.90. The normalized spacial score (nSPS) is 12.6. The highest BCUT2D eigenvalue weighted by Gasteiger charge is 2.27. The molecule has 0 saturated carbocycles. The van der Waals surface area contributed by atoms with Crippen LogP contribution in [0.25, 0.3) is 0 Å². The van der Waals surface area contributed by atoms with E-state index < -0.39 is 27.7 Å². The van der Waals surface area contributed by atoms with Gasteiger partial charge in [-0.05, 0) is 84.6 Å². The Labute approximate surface area is 224 Å². The molecule has 204 valence electrons. The molecular formula is C26H37N3O6S2. The largest absolute Gasteiger partial charge is 0.465 e. The van der Waals surface area contributed by atoms with E-state index in [1.54, 1.807) is 39.5 Å². The van der Waals surface area contributed by atoms with E-state index in [2.05, 4.69) is 10.2 Å². The summed E-state index contributed by atoms with van der Waals surface area (Å²) < 4.78 is 37.8. The fourth-order valence-corrected chi connectivity index (χ4v) is 5.35. The van der Waals surface area contributed by atoms with E-state index in [4.69, 9.17) is 9.47 Å². The Bertz CT molecular complexity index is 1180. The first kappa shape index (κ1) is 30.5. The second kappa shape index (κ2) is 13.2. The summed E-state index contributed by atoms with van der Waals surface area (Å²) in [5, 5.41) is 3.45. The summed E-state index contributed by atoms with van der Waals surface area (Å²) in [6.07, 6.45) is -0.318. The average molecular weight is 552 g/mol. The molecular weight excluding hydrogens is 514 g/mol. The molecule has 9 nitrogen and oxygen atoms in total. The SMILES string of the molecule is COC(=O)c1cc(S(=O)(=O)NC(=O)OC(C)(C)C)cc(C)c1NC(CCN(C)C)CSc1ccccc1. The summed E-state index contributed by atoms with van der Waals surface area (Å²) >= 11 is 1.69. The van der Waals surface area contributed by atoms with Crippen molar-refractivity contribution in [1.82, 2.24) is 9.62 Å². The molecule has 2 rings (SSSR count). The van der Waals surface area contributed by atoms with Gasteiger partial charge < -0.3 is 19.7 Å². The lowest BCUT2D eigenvalue weighted by Crippen LogP contribution is -2.36. The molecule has 0 heterocycles. The lowest BCUT2D eigenvalue weighted by molar-refractivity contribution is 0.0567. The van der Waals surface area contributed by atoms with Gasteiger partial charge in [0.2, 0.25) is 0 Å². The second-order valence-electron chi connectivity index (χ2n) is 9.82. The van der Waals surface area contributed by atoms with Gasteiger partial charge in [-0.2, -0.15) is 0 Å². The number of benzene rings is 2. The number of sulfonamides is 1. The molecule has 0 aliphatic rings. The van der Waals surface area contributed by atoms with Crippen molar-refractivity contribution in [2.45, 2.75) is 55.5 Å². The van der Waals surface area contributed by atoms with E-state index in [0.29, 0.717) is 11.3 Å². The van der Waals surface area contributed by atoms with Crippen LogP contribution >= 0.6 is 11.8 Å². The maximum Gasteiger partial charge on any atom is 0.421 e. The Kier molecular flexibility index (Phi) is 10.8. The zero-order chi connectivity index (χ0) is 27.8. The van der Waals surface area contributed by atoms with Crippen molar-refractivity contribution in [2.24, 2.45) is 0 Å². The first-order valence-corrected chi connectivity index (χ1v) is 14.3. The summed E-state index contributed by atoms with van der Waals surface area (Å²) in [6, 6.07) is 12.6.